The zero-order valence-electron chi connectivity index (χ0n) is 12.0. The van der Waals surface area contributed by atoms with Crippen molar-refractivity contribution in [1.29, 1.82) is 0 Å². The number of Topliss-reactive ketones (excluding diaryl/α,β-unsaturated/α-hetero) is 1. The van der Waals surface area contributed by atoms with E-state index in [0.29, 0.717) is 4.90 Å². The lowest BCUT2D eigenvalue weighted by atomic mass is 10.2. The van der Waals surface area contributed by atoms with Crippen LogP contribution in [-0.2, 0) is 11.0 Å². The molecule has 0 heterocycles. The smallest absolute Gasteiger partial charge is 0.299 e. The Morgan fingerprint density at radius 3 is 2.11 bits per heavy atom. The molecule has 0 N–H and O–H groups in total. The van der Waals surface area contributed by atoms with Crippen LogP contribution in [0, 0.1) is 0 Å². The molecule has 110 valence electrons. The maximum atomic E-state index is 12.3. The van der Waals surface area contributed by atoms with Crippen molar-refractivity contribution in [3.63, 3.8) is 0 Å². The zero-order chi connectivity index (χ0) is 15.5. The van der Waals surface area contributed by atoms with Gasteiger partial charge in [-0.2, -0.15) is 13.2 Å². The molecule has 1 aromatic rings. The molecule has 0 atom stereocenters. The second kappa shape index (κ2) is 10.9. The normalized spacial score (nSPS) is 9.68. The summed E-state index contributed by atoms with van der Waals surface area (Å²) in [6, 6.07) is 4.96. The van der Waals surface area contributed by atoms with Gasteiger partial charge in [-0.15, -0.1) is 11.8 Å². The molecule has 0 saturated heterocycles. The number of benzene rings is 1. The summed E-state index contributed by atoms with van der Waals surface area (Å²) in [6.45, 7) is 9.40. The number of carbonyl (C=O) groups is 1. The van der Waals surface area contributed by atoms with Crippen molar-refractivity contribution in [2.45, 2.75) is 45.7 Å². The summed E-state index contributed by atoms with van der Waals surface area (Å²) in [6.07, 6.45) is -4.33. The number of hydrogen-bond donors (Lipinski definition) is 0. The first-order valence-electron chi connectivity index (χ1n) is 6.19. The molecule has 1 nitrogen and oxygen atoms in total. The summed E-state index contributed by atoms with van der Waals surface area (Å²) in [5, 5.41) is 0. The minimum absolute atomic E-state index is 0.0580. The van der Waals surface area contributed by atoms with E-state index in [1.54, 1.807) is 6.07 Å². The van der Waals surface area contributed by atoms with Gasteiger partial charge in [-0.1, -0.05) is 33.8 Å². The molecule has 1 aromatic carbocycles. The first-order chi connectivity index (χ1) is 8.89. The summed E-state index contributed by atoms with van der Waals surface area (Å²) >= 11 is 1.11. The Morgan fingerprint density at radius 2 is 1.68 bits per heavy atom. The third-order valence-corrected chi connectivity index (χ3v) is 2.74. The van der Waals surface area contributed by atoms with Crippen molar-refractivity contribution in [3.05, 3.63) is 29.8 Å². The summed E-state index contributed by atoms with van der Waals surface area (Å²) < 4.78 is 36.9. The quantitative estimate of drug-likeness (QED) is 0.691. The van der Waals surface area contributed by atoms with Crippen LogP contribution < -0.4 is 0 Å². The fraction of sp³-hybridized carbons (Fsp3) is 0.500. The molecule has 0 spiro atoms. The summed E-state index contributed by atoms with van der Waals surface area (Å²) in [5.41, 5.74) is -0.684. The van der Waals surface area contributed by atoms with Gasteiger partial charge in [-0.3, -0.25) is 4.79 Å². The van der Waals surface area contributed by atoms with Gasteiger partial charge in [0.2, 0.25) is 0 Å². The van der Waals surface area contributed by atoms with Gasteiger partial charge in [0.1, 0.15) is 5.78 Å². The van der Waals surface area contributed by atoms with Crippen LogP contribution in [0.3, 0.4) is 0 Å². The molecular formula is C14H21F3OS. The predicted molar refractivity (Wildman–Crippen MR) is 75.5 cm³/mol. The molecule has 5 heteroatoms. The maximum absolute atomic E-state index is 12.3. The number of thioether (sulfide) groups is 1. The van der Waals surface area contributed by atoms with E-state index in [4.69, 9.17) is 0 Å². The van der Waals surface area contributed by atoms with Crippen LogP contribution in [0.5, 0.6) is 0 Å². The van der Waals surface area contributed by atoms with Gasteiger partial charge in [0.25, 0.3) is 0 Å². The molecule has 1 rings (SSSR count). The monoisotopic (exact) mass is 294 g/mol. The van der Waals surface area contributed by atoms with Crippen LogP contribution in [0.25, 0.3) is 0 Å². The second-order valence-corrected chi connectivity index (χ2v) is 4.07. The van der Waals surface area contributed by atoms with E-state index in [0.717, 1.165) is 23.9 Å². The van der Waals surface area contributed by atoms with Crippen LogP contribution in [0.2, 0.25) is 0 Å². The third-order valence-electron chi connectivity index (χ3n) is 1.60. The number of halogens is 3. The summed E-state index contributed by atoms with van der Waals surface area (Å²) in [5.74, 6) is 0.138. The first kappa shape index (κ1) is 20.3. The topological polar surface area (TPSA) is 17.1 Å². The van der Waals surface area contributed by atoms with Crippen molar-refractivity contribution in [2.24, 2.45) is 0 Å². The van der Waals surface area contributed by atoms with Crippen molar-refractivity contribution >= 4 is 17.5 Å². The van der Waals surface area contributed by atoms with Gasteiger partial charge in [0.05, 0.1) is 11.3 Å². The highest BCUT2D eigenvalue weighted by atomic mass is 32.2. The molecule has 0 saturated carbocycles. The number of ketones is 1. The lowest BCUT2D eigenvalue weighted by molar-refractivity contribution is -0.137. The fourth-order valence-corrected chi connectivity index (χ4v) is 1.70. The number of hydrogen-bond acceptors (Lipinski definition) is 2. The lowest BCUT2D eigenvalue weighted by Gasteiger charge is -2.07. The minimum atomic E-state index is -4.33. The zero-order valence-corrected chi connectivity index (χ0v) is 12.8. The highest BCUT2D eigenvalue weighted by molar-refractivity contribution is 8.00. The molecule has 0 amide bonds. The van der Waals surface area contributed by atoms with Crippen molar-refractivity contribution < 1.29 is 18.0 Å². The van der Waals surface area contributed by atoms with Crippen LogP contribution in [-0.4, -0.2) is 11.5 Å². The van der Waals surface area contributed by atoms with Crippen molar-refractivity contribution in [2.75, 3.05) is 5.75 Å². The lowest BCUT2D eigenvalue weighted by Crippen LogP contribution is -2.04. The molecule has 0 aliphatic rings. The van der Waals surface area contributed by atoms with Crippen LogP contribution in [0.15, 0.2) is 29.2 Å². The standard InChI is InChI=1S/C10H9F3OS.2C2H6/c1-7(14)6-15-9-4-2-3-8(5-9)10(11,12)13;2*1-2/h2-5H,6H2,1H3;2*1-2H3. The first-order valence-corrected chi connectivity index (χ1v) is 7.17. The Hall–Kier alpha value is -0.970. The van der Waals surface area contributed by atoms with Gasteiger partial charge in [0.15, 0.2) is 0 Å². The van der Waals surface area contributed by atoms with Gasteiger partial charge in [-0.05, 0) is 25.1 Å². The molecule has 0 unspecified atom stereocenters. The van der Waals surface area contributed by atoms with E-state index >= 15 is 0 Å². The highest BCUT2D eigenvalue weighted by Gasteiger charge is 2.30. The highest BCUT2D eigenvalue weighted by Crippen LogP contribution is 2.31. The van der Waals surface area contributed by atoms with Gasteiger partial charge >= 0.3 is 6.18 Å². The van der Waals surface area contributed by atoms with E-state index in [2.05, 4.69) is 0 Å². The Kier molecular flexibility index (Phi) is 11.7. The molecule has 0 aliphatic heterocycles. The van der Waals surface area contributed by atoms with E-state index in [1.165, 1.54) is 13.0 Å². The maximum Gasteiger partial charge on any atom is 0.416 e. The fourth-order valence-electron chi connectivity index (χ4n) is 0.947. The molecule has 0 aliphatic carbocycles. The molecule has 0 aromatic heterocycles. The number of carbonyl (C=O) groups excluding carboxylic acids is 1. The van der Waals surface area contributed by atoms with Gasteiger partial charge in [-0.25, -0.2) is 0 Å². The summed E-state index contributed by atoms with van der Waals surface area (Å²) in [4.78, 5) is 11.1. The summed E-state index contributed by atoms with van der Waals surface area (Å²) in [7, 11) is 0. The average molecular weight is 294 g/mol. The Bertz CT molecular complexity index is 362. The van der Waals surface area contributed by atoms with Gasteiger partial charge in [0, 0.05) is 4.90 Å². The number of rotatable bonds is 3. The molecular weight excluding hydrogens is 273 g/mol. The largest absolute Gasteiger partial charge is 0.416 e. The Morgan fingerprint density at radius 1 is 1.16 bits per heavy atom. The van der Waals surface area contributed by atoms with Gasteiger partial charge < -0.3 is 0 Å². The number of alkyl halides is 3. The van der Waals surface area contributed by atoms with Crippen molar-refractivity contribution in [3.8, 4) is 0 Å². The Labute approximate surface area is 117 Å². The van der Waals surface area contributed by atoms with Crippen LogP contribution >= 0.6 is 11.8 Å². The van der Waals surface area contributed by atoms with E-state index in [9.17, 15) is 18.0 Å². The minimum Gasteiger partial charge on any atom is -0.299 e. The molecule has 0 bridgehead atoms. The van der Waals surface area contributed by atoms with E-state index in [1.807, 2.05) is 27.7 Å². The average Bonchev–Trinajstić information content (AvgIpc) is 2.40. The molecule has 0 fully saturated rings. The Balaban J connectivity index is 0. The van der Waals surface area contributed by atoms with Crippen LogP contribution in [0.1, 0.15) is 40.2 Å². The molecule has 0 radical (unpaired) electrons. The third kappa shape index (κ3) is 9.59. The van der Waals surface area contributed by atoms with E-state index in [-0.39, 0.29) is 11.5 Å². The SMILES string of the molecule is CC.CC.CC(=O)CSc1cccc(C(F)(F)F)c1. The van der Waals surface area contributed by atoms with Crippen LogP contribution in [0.4, 0.5) is 13.2 Å². The predicted octanol–water partition coefficient (Wildman–Crippen LogP) is 5.44. The molecule has 19 heavy (non-hydrogen) atoms. The van der Waals surface area contributed by atoms with Crippen molar-refractivity contribution in [1.82, 2.24) is 0 Å². The van der Waals surface area contributed by atoms with E-state index < -0.39 is 11.7 Å². The second-order valence-electron chi connectivity index (χ2n) is 3.02.